The SMILES string of the molecule is CC(=O)NC(C)=Nc1ccc(-c2cnc(Cl)c(CS(=O)c3ccc(C(C)O)cc3)c2)cc1C. The lowest BCUT2D eigenvalue weighted by atomic mass is 10.0. The van der Waals surface area contributed by atoms with Gasteiger partial charge in [-0.15, -0.1) is 0 Å². The van der Waals surface area contributed by atoms with E-state index >= 15 is 0 Å². The Morgan fingerprint density at radius 2 is 1.85 bits per heavy atom. The Morgan fingerprint density at radius 1 is 1.15 bits per heavy atom. The zero-order valence-corrected chi connectivity index (χ0v) is 20.5. The number of amidine groups is 1. The highest BCUT2D eigenvalue weighted by atomic mass is 35.5. The van der Waals surface area contributed by atoms with Crippen molar-refractivity contribution in [3.63, 3.8) is 0 Å². The van der Waals surface area contributed by atoms with Crippen LogP contribution in [0, 0.1) is 6.92 Å². The number of carbonyl (C=O) groups is 1. The fraction of sp³-hybridized carbons (Fsp3) is 0.240. The summed E-state index contributed by atoms with van der Waals surface area (Å²) < 4.78 is 12.9. The predicted molar refractivity (Wildman–Crippen MR) is 133 cm³/mol. The highest BCUT2D eigenvalue weighted by Gasteiger charge is 2.12. The maximum atomic E-state index is 12.9. The van der Waals surface area contributed by atoms with Crippen molar-refractivity contribution in [3.8, 4) is 11.1 Å². The molecule has 1 aromatic heterocycles. The molecule has 0 saturated carbocycles. The molecular weight excluding hydrogens is 458 g/mol. The van der Waals surface area contributed by atoms with Crippen LogP contribution in [0.2, 0.25) is 5.15 Å². The van der Waals surface area contributed by atoms with E-state index in [2.05, 4.69) is 15.3 Å². The molecule has 33 heavy (non-hydrogen) atoms. The number of aliphatic imine (C=N–C) groups is 1. The monoisotopic (exact) mass is 483 g/mol. The van der Waals surface area contributed by atoms with Crippen molar-refractivity contribution >= 4 is 39.8 Å². The number of aryl methyl sites for hydroxylation is 1. The zero-order chi connectivity index (χ0) is 24.1. The van der Waals surface area contributed by atoms with Crippen LogP contribution < -0.4 is 5.32 Å². The summed E-state index contributed by atoms with van der Waals surface area (Å²) in [5, 5.41) is 12.6. The van der Waals surface area contributed by atoms with Crippen molar-refractivity contribution in [2.45, 2.75) is 44.4 Å². The molecule has 2 N–H and O–H groups in total. The number of hydrogen-bond donors (Lipinski definition) is 2. The van der Waals surface area contributed by atoms with Crippen LogP contribution in [0.25, 0.3) is 11.1 Å². The van der Waals surface area contributed by atoms with Gasteiger partial charge in [-0.3, -0.25) is 9.00 Å². The van der Waals surface area contributed by atoms with Gasteiger partial charge in [0, 0.05) is 29.1 Å². The number of nitrogens with one attached hydrogen (secondary N) is 1. The smallest absolute Gasteiger partial charge is 0.222 e. The third-order valence-corrected chi connectivity index (χ3v) is 6.71. The molecule has 3 aromatic rings. The standard InChI is InChI=1S/C25H26ClN3O3S/c1-15-11-20(7-10-24(15)29-17(3)28-18(4)31)21-12-22(25(26)27-13-21)14-33(32)23-8-5-19(6-9-23)16(2)30/h5-13,16,30H,14H2,1-4H3,(H,28,29,31). The van der Waals surface area contributed by atoms with Gasteiger partial charge >= 0.3 is 0 Å². The van der Waals surface area contributed by atoms with E-state index in [9.17, 15) is 14.1 Å². The lowest BCUT2D eigenvalue weighted by Crippen LogP contribution is -2.25. The van der Waals surface area contributed by atoms with Gasteiger partial charge in [0.25, 0.3) is 0 Å². The Hall–Kier alpha value is -2.87. The van der Waals surface area contributed by atoms with E-state index in [1.807, 2.05) is 31.2 Å². The molecule has 0 bridgehead atoms. The first-order valence-electron chi connectivity index (χ1n) is 10.4. The van der Waals surface area contributed by atoms with Crippen molar-refractivity contribution < 1.29 is 14.1 Å². The minimum Gasteiger partial charge on any atom is -0.389 e. The number of benzene rings is 2. The number of pyridine rings is 1. The minimum atomic E-state index is -1.31. The second-order valence-corrected chi connectivity index (χ2v) is 9.60. The van der Waals surface area contributed by atoms with Gasteiger partial charge in [-0.2, -0.15) is 0 Å². The van der Waals surface area contributed by atoms with Crippen LogP contribution in [0.3, 0.4) is 0 Å². The third-order valence-electron chi connectivity index (χ3n) is 5.00. The van der Waals surface area contributed by atoms with Crippen molar-refractivity contribution in [3.05, 3.63) is 76.6 Å². The number of aliphatic hydroxyl groups excluding tert-OH is 1. The number of rotatable bonds is 6. The highest BCUT2D eigenvalue weighted by Crippen LogP contribution is 2.29. The summed E-state index contributed by atoms with van der Waals surface area (Å²) >= 11 is 6.31. The van der Waals surface area contributed by atoms with Crippen LogP contribution in [-0.2, 0) is 21.3 Å². The first-order chi connectivity index (χ1) is 15.6. The number of amides is 1. The summed E-state index contributed by atoms with van der Waals surface area (Å²) in [5.41, 5.74) is 4.94. The van der Waals surface area contributed by atoms with Crippen LogP contribution >= 0.6 is 11.6 Å². The Labute approximate surface area is 201 Å². The molecule has 0 saturated heterocycles. The summed E-state index contributed by atoms with van der Waals surface area (Å²) in [6.07, 6.45) is 1.12. The third kappa shape index (κ3) is 6.57. The summed E-state index contributed by atoms with van der Waals surface area (Å²) in [4.78, 5) is 20.6. The van der Waals surface area contributed by atoms with Crippen LogP contribution in [0.4, 0.5) is 5.69 Å². The van der Waals surface area contributed by atoms with Crippen LogP contribution in [0.5, 0.6) is 0 Å². The second-order valence-electron chi connectivity index (χ2n) is 7.79. The molecule has 1 amide bonds. The number of carbonyl (C=O) groups excluding carboxylic acids is 1. The maximum absolute atomic E-state index is 12.9. The molecule has 0 aliphatic heterocycles. The fourth-order valence-corrected chi connectivity index (χ4v) is 4.66. The average molecular weight is 484 g/mol. The highest BCUT2D eigenvalue weighted by molar-refractivity contribution is 7.84. The number of nitrogens with zero attached hydrogens (tertiary/aromatic N) is 2. The second kappa shape index (κ2) is 10.8. The van der Waals surface area contributed by atoms with Crippen molar-refractivity contribution in [1.29, 1.82) is 0 Å². The number of aliphatic hydroxyl groups is 1. The van der Waals surface area contributed by atoms with Gasteiger partial charge in [-0.25, -0.2) is 9.98 Å². The molecule has 0 spiro atoms. The molecule has 2 atom stereocenters. The Morgan fingerprint density at radius 3 is 2.45 bits per heavy atom. The van der Waals surface area contributed by atoms with E-state index in [1.54, 1.807) is 44.3 Å². The summed E-state index contributed by atoms with van der Waals surface area (Å²) in [5.74, 6) is 0.588. The lowest BCUT2D eigenvalue weighted by Gasteiger charge is -2.10. The average Bonchev–Trinajstić information content (AvgIpc) is 2.76. The number of aromatic nitrogens is 1. The van der Waals surface area contributed by atoms with E-state index in [4.69, 9.17) is 11.6 Å². The molecule has 172 valence electrons. The van der Waals surface area contributed by atoms with Gasteiger partial charge in [0.1, 0.15) is 11.0 Å². The Kier molecular flexibility index (Phi) is 8.13. The topological polar surface area (TPSA) is 91.7 Å². The van der Waals surface area contributed by atoms with Gasteiger partial charge in [-0.1, -0.05) is 29.8 Å². The molecule has 1 heterocycles. The van der Waals surface area contributed by atoms with Gasteiger partial charge < -0.3 is 10.4 Å². The van der Waals surface area contributed by atoms with Gasteiger partial charge in [0.2, 0.25) is 5.91 Å². The molecule has 6 nitrogen and oxygen atoms in total. The number of hydrogen-bond acceptors (Lipinski definition) is 5. The van der Waals surface area contributed by atoms with Crippen LogP contribution in [0.1, 0.15) is 43.6 Å². The predicted octanol–water partition coefficient (Wildman–Crippen LogP) is 5.26. The summed E-state index contributed by atoms with van der Waals surface area (Å²) in [7, 11) is -1.31. The molecule has 0 radical (unpaired) electrons. The maximum Gasteiger partial charge on any atom is 0.222 e. The molecular formula is C25H26ClN3O3S. The van der Waals surface area contributed by atoms with Crippen LogP contribution in [0.15, 0.2) is 64.6 Å². The van der Waals surface area contributed by atoms with Gasteiger partial charge in [-0.05, 0) is 67.8 Å². The van der Waals surface area contributed by atoms with Crippen molar-refractivity contribution in [2.24, 2.45) is 4.99 Å². The van der Waals surface area contributed by atoms with Crippen LogP contribution in [-0.4, -0.2) is 26.0 Å². The Bertz CT molecular complexity index is 1220. The van der Waals surface area contributed by atoms with Crippen molar-refractivity contribution in [2.75, 3.05) is 0 Å². The molecule has 2 aromatic carbocycles. The molecule has 2 unspecified atom stereocenters. The van der Waals surface area contributed by atoms with E-state index in [0.29, 0.717) is 21.4 Å². The first kappa shape index (κ1) is 24.8. The van der Waals surface area contributed by atoms with Gasteiger partial charge in [0.15, 0.2) is 0 Å². The lowest BCUT2D eigenvalue weighted by molar-refractivity contribution is -0.117. The van der Waals surface area contributed by atoms with E-state index in [0.717, 1.165) is 27.9 Å². The molecule has 3 rings (SSSR count). The summed E-state index contributed by atoms with van der Waals surface area (Å²) in [6.45, 7) is 6.81. The van der Waals surface area contributed by atoms with E-state index in [1.165, 1.54) is 6.92 Å². The largest absolute Gasteiger partial charge is 0.389 e. The molecule has 8 heteroatoms. The van der Waals surface area contributed by atoms with E-state index in [-0.39, 0.29) is 11.7 Å². The summed E-state index contributed by atoms with van der Waals surface area (Å²) in [6, 6.07) is 14.8. The fourth-order valence-electron chi connectivity index (χ4n) is 3.30. The number of halogens is 1. The quantitative estimate of drug-likeness (QED) is 0.284. The molecule has 0 aliphatic rings. The normalized spacial score (nSPS) is 13.5. The Balaban J connectivity index is 1.83. The van der Waals surface area contributed by atoms with Gasteiger partial charge in [0.05, 0.1) is 28.3 Å². The molecule has 0 fully saturated rings. The van der Waals surface area contributed by atoms with E-state index < -0.39 is 16.9 Å². The minimum absolute atomic E-state index is 0.165. The van der Waals surface area contributed by atoms with Crippen molar-refractivity contribution in [1.82, 2.24) is 10.3 Å². The zero-order valence-electron chi connectivity index (χ0n) is 18.9. The first-order valence-corrected chi connectivity index (χ1v) is 12.1. The molecule has 0 aliphatic carbocycles.